The topological polar surface area (TPSA) is 50.1 Å². The SMILES string of the molecule is Cc1ccc(N2CCC3(CCN(Cc4cnn(C)c4)CC3)CC2)nn1. The van der Waals surface area contributed by atoms with Crippen LogP contribution in [0, 0.1) is 12.3 Å². The van der Waals surface area contributed by atoms with Crippen LogP contribution in [0.1, 0.15) is 36.9 Å². The highest BCUT2D eigenvalue weighted by atomic mass is 15.3. The summed E-state index contributed by atoms with van der Waals surface area (Å²) >= 11 is 0. The maximum absolute atomic E-state index is 4.36. The largest absolute Gasteiger partial charge is 0.355 e. The molecule has 6 nitrogen and oxygen atoms in total. The van der Waals surface area contributed by atoms with E-state index in [0.717, 1.165) is 31.1 Å². The molecule has 0 atom stereocenters. The zero-order valence-corrected chi connectivity index (χ0v) is 15.4. The van der Waals surface area contributed by atoms with Gasteiger partial charge in [-0.05, 0) is 63.2 Å². The van der Waals surface area contributed by atoms with Crippen LogP contribution in [0.15, 0.2) is 24.5 Å². The molecule has 0 saturated carbocycles. The Bertz CT molecular complexity index is 689. The Morgan fingerprint density at radius 1 is 1.00 bits per heavy atom. The molecule has 0 aromatic carbocycles. The molecule has 4 heterocycles. The third-order valence-corrected chi connectivity index (χ3v) is 6.01. The van der Waals surface area contributed by atoms with E-state index in [1.54, 1.807) is 0 Å². The number of anilines is 1. The van der Waals surface area contributed by atoms with Crippen molar-refractivity contribution in [3.8, 4) is 0 Å². The van der Waals surface area contributed by atoms with Crippen LogP contribution < -0.4 is 4.90 Å². The van der Waals surface area contributed by atoms with Crippen LogP contribution >= 0.6 is 0 Å². The second-order valence-electron chi connectivity index (χ2n) is 7.82. The lowest BCUT2D eigenvalue weighted by molar-refractivity contribution is 0.0757. The lowest BCUT2D eigenvalue weighted by atomic mass is 9.71. The van der Waals surface area contributed by atoms with Crippen molar-refractivity contribution in [2.24, 2.45) is 12.5 Å². The summed E-state index contributed by atoms with van der Waals surface area (Å²) in [5.74, 6) is 1.04. The number of hydrogen-bond donors (Lipinski definition) is 0. The molecule has 2 aromatic rings. The molecule has 4 rings (SSSR count). The van der Waals surface area contributed by atoms with Gasteiger partial charge in [-0.25, -0.2) is 0 Å². The minimum Gasteiger partial charge on any atom is -0.355 e. The summed E-state index contributed by atoms with van der Waals surface area (Å²) in [4.78, 5) is 4.99. The van der Waals surface area contributed by atoms with Crippen LogP contribution in [0.5, 0.6) is 0 Å². The molecule has 0 unspecified atom stereocenters. The third kappa shape index (κ3) is 3.68. The fourth-order valence-corrected chi connectivity index (χ4v) is 4.27. The second-order valence-corrected chi connectivity index (χ2v) is 7.82. The Morgan fingerprint density at radius 3 is 2.32 bits per heavy atom. The summed E-state index contributed by atoms with van der Waals surface area (Å²) in [6.07, 6.45) is 9.32. The number of likely N-dealkylation sites (tertiary alicyclic amines) is 1. The van der Waals surface area contributed by atoms with Gasteiger partial charge in [0.2, 0.25) is 0 Å². The lowest BCUT2D eigenvalue weighted by Crippen LogP contribution is -2.46. The van der Waals surface area contributed by atoms with Crippen LogP contribution in [0.4, 0.5) is 5.82 Å². The second kappa shape index (κ2) is 6.75. The predicted octanol–water partition coefficient (Wildman–Crippen LogP) is 2.40. The van der Waals surface area contributed by atoms with E-state index in [4.69, 9.17) is 0 Å². The van der Waals surface area contributed by atoms with E-state index in [-0.39, 0.29) is 0 Å². The summed E-state index contributed by atoms with van der Waals surface area (Å²) in [5, 5.41) is 12.8. The Hall–Kier alpha value is -1.95. The van der Waals surface area contributed by atoms with Crippen molar-refractivity contribution in [2.75, 3.05) is 31.1 Å². The van der Waals surface area contributed by atoms with Gasteiger partial charge in [-0.3, -0.25) is 9.58 Å². The Balaban J connectivity index is 1.29. The molecule has 2 aliphatic heterocycles. The molecule has 0 aliphatic carbocycles. The normalized spacial score (nSPS) is 21.0. The highest BCUT2D eigenvalue weighted by molar-refractivity contribution is 5.37. The number of aromatic nitrogens is 4. The minimum atomic E-state index is 0.542. The van der Waals surface area contributed by atoms with Gasteiger partial charge in [-0.2, -0.15) is 10.2 Å². The highest BCUT2D eigenvalue weighted by Crippen LogP contribution is 2.42. The maximum atomic E-state index is 4.36. The van der Waals surface area contributed by atoms with Crippen LogP contribution in [0.25, 0.3) is 0 Å². The molecule has 0 radical (unpaired) electrons. The Kier molecular flexibility index (Phi) is 4.46. The summed E-state index contributed by atoms with van der Waals surface area (Å²) in [7, 11) is 1.99. The fraction of sp³-hybridized carbons (Fsp3) is 0.632. The van der Waals surface area contributed by atoms with Crippen molar-refractivity contribution in [3.63, 3.8) is 0 Å². The first-order chi connectivity index (χ1) is 12.1. The molecule has 0 N–H and O–H groups in total. The number of nitrogens with zero attached hydrogens (tertiary/aromatic N) is 6. The van der Waals surface area contributed by atoms with E-state index in [9.17, 15) is 0 Å². The average Bonchev–Trinajstić information content (AvgIpc) is 3.04. The number of aryl methyl sites for hydroxylation is 2. The minimum absolute atomic E-state index is 0.542. The van der Waals surface area contributed by atoms with Gasteiger partial charge in [0, 0.05) is 38.4 Å². The van der Waals surface area contributed by atoms with Crippen molar-refractivity contribution >= 4 is 5.82 Å². The molecule has 134 valence electrons. The zero-order chi connectivity index (χ0) is 17.3. The maximum Gasteiger partial charge on any atom is 0.151 e. The van der Waals surface area contributed by atoms with Gasteiger partial charge in [0.15, 0.2) is 5.82 Å². The Labute approximate surface area is 149 Å². The predicted molar refractivity (Wildman–Crippen MR) is 98.4 cm³/mol. The smallest absolute Gasteiger partial charge is 0.151 e. The third-order valence-electron chi connectivity index (χ3n) is 6.01. The molecule has 6 heteroatoms. The highest BCUT2D eigenvalue weighted by Gasteiger charge is 2.37. The van der Waals surface area contributed by atoms with Gasteiger partial charge < -0.3 is 4.90 Å². The molecule has 25 heavy (non-hydrogen) atoms. The molecule has 1 spiro atoms. The van der Waals surface area contributed by atoms with E-state index in [1.807, 2.05) is 24.9 Å². The number of rotatable bonds is 3. The van der Waals surface area contributed by atoms with Crippen LogP contribution in [0.3, 0.4) is 0 Å². The Morgan fingerprint density at radius 2 is 1.72 bits per heavy atom. The molecular weight excluding hydrogens is 312 g/mol. The van der Waals surface area contributed by atoms with Crippen LogP contribution in [-0.4, -0.2) is 51.1 Å². The molecule has 0 bridgehead atoms. The van der Waals surface area contributed by atoms with Crippen LogP contribution in [0.2, 0.25) is 0 Å². The van der Waals surface area contributed by atoms with Gasteiger partial charge in [-0.1, -0.05) is 0 Å². The first kappa shape index (κ1) is 16.5. The number of piperidine rings is 2. The number of hydrogen-bond acceptors (Lipinski definition) is 5. The zero-order valence-electron chi connectivity index (χ0n) is 15.4. The van der Waals surface area contributed by atoms with Gasteiger partial charge in [0.25, 0.3) is 0 Å². The van der Waals surface area contributed by atoms with E-state index >= 15 is 0 Å². The van der Waals surface area contributed by atoms with E-state index < -0.39 is 0 Å². The molecule has 2 aliphatic rings. The standard InChI is InChI=1S/C19H28N6/c1-16-3-4-18(22-21-16)25-11-7-19(8-12-25)5-9-24(10-6-19)15-17-13-20-23(2)14-17/h3-4,13-14H,5-12,15H2,1-2H3. The van der Waals surface area contributed by atoms with Gasteiger partial charge in [0.05, 0.1) is 11.9 Å². The summed E-state index contributed by atoms with van der Waals surface area (Å²) in [5.41, 5.74) is 2.85. The summed E-state index contributed by atoms with van der Waals surface area (Å²) in [6, 6.07) is 4.17. The molecule has 0 amide bonds. The van der Waals surface area contributed by atoms with Crippen molar-refractivity contribution in [3.05, 3.63) is 35.8 Å². The van der Waals surface area contributed by atoms with Gasteiger partial charge in [0.1, 0.15) is 0 Å². The van der Waals surface area contributed by atoms with E-state index in [2.05, 4.69) is 43.4 Å². The molecule has 2 aromatic heterocycles. The summed E-state index contributed by atoms with van der Waals surface area (Å²) in [6.45, 7) is 7.66. The monoisotopic (exact) mass is 340 g/mol. The van der Waals surface area contributed by atoms with Crippen LogP contribution in [-0.2, 0) is 13.6 Å². The fourth-order valence-electron chi connectivity index (χ4n) is 4.27. The quantitative estimate of drug-likeness (QED) is 0.859. The van der Waals surface area contributed by atoms with Crippen molar-refractivity contribution in [2.45, 2.75) is 39.2 Å². The first-order valence-electron chi connectivity index (χ1n) is 9.37. The lowest BCUT2D eigenvalue weighted by Gasteiger charge is -2.47. The molecular formula is C19H28N6. The van der Waals surface area contributed by atoms with E-state index in [1.165, 1.54) is 44.3 Å². The summed E-state index contributed by atoms with van der Waals surface area (Å²) < 4.78 is 1.89. The average molecular weight is 340 g/mol. The molecule has 2 saturated heterocycles. The van der Waals surface area contributed by atoms with Crippen molar-refractivity contribution in [1.29, 1.82) is 0 Å². The van der Waals surface area contributed by atoms with Gasteiger partial charge >= 0.3 is 0 Å². The van der Waals surface area contributed by atoms with Crippen molar-refractivity contribution < 1.29 is 0 Å². The molecule has 2 fully saturated rings. The van der Waals surface area contributed by atoms with E-state index in [0.29, 0.717) is 5.41 Å². The first-order valence-corrected chi connectivity index (χ1v) is 9.37. The van der Waals surface area contributed by atoms with Crippen molar-refractivity contribution in [1.82, 2.24) is 24.9 Å². The van der Waals surface area contributed by atoms with Gasteiger partial charge in [-0.15, -0.1) is 5.10 Å².